The summed E-state index contributed by atoms with van der Waals surface area (Å²) in [7, 11) is 3.40. The molecule has 1 aliphatic heterocycles. The molecule has 1 aliphatic rings. The second kappa shape index (κ2) is 8.15. The molecule has 0 radical (unpaired) electrons. The van der Waals surface area contributed by atoms with Gasteiger partial charge in [0.05, 0.1) is 29.5 Å². The zero-order valence-corrected chi connectivity index (χ0v) is 17.9. The van der Waals surface area contributed by atoms with Crippen molar-refractivity contribution in [3.05, 3.63) is 46.5 Å². The third kappa shape index (κ3) is 3.77. The number of anilines is 1. The van der Waals surface area contributed by atoms with Crippen LogP contribution >= 0.6 is 22.9 Å². The van der Waals surface area contributed by atoms with E-state index in [0.29, 0.717) is 0 Å². The Morgan fingerprint density at radius 1 is 1.07 bits per heavy atom. The van der Waals surface area contributed by atoms with Crippen LogP contribution < -0.4 is 14.4 Å². The Kier molecular flexibility index (Phi) is 5.62. The summed E-state index contributed by atoms with van der Waals surface area (Å²) >= 11 is 8.06. The van der Waals surface area contributed by atoms with Gasteiger partial charge in [-0.15, -0.1) is 0 Å². The van der Waals surface area contributed by atoms with Crippen molar-refractivity contribution >= 4 is 38.3 Å². The number of aryl methyl sites for hydroxylation is 1. The fraction of sp³-hybridized carbons (Fsp3) is 0.381. The van der Waals surface area contributed by atoms with E-state index < -0.39 is 0 Å². The Balaban J connectivity index is 1.45. The fourth-order valence-corrected chi connectivity index (χ4v) is 4.94. The number of benzene rings is 2. The average Bonchev–Trinajstić information content (AvgIpc) is 3.18. The minimum absolute atomic E-state index is 0.785. The molecule has 1 saturated heterocycles. The van der Waals surface area contributed by atoms with Crippen LogP contribution in [0.25, 0.3) is 10.2 Å². The van der Waals surface area contributed by atoms with Crippen LogP contribution in [0.1, 0.15) is 11.1 Å². The summed E-state index contributed by atoms with van der Waals surface area (Å²) in [5.74, 6) is 1.76. The molecule has 0 spiro atoms. The summed E-state index contributed by atoms with van der Waals surface area (Å²) in [6.07, 6.45) is 0. The SMILES string of the molecule is COc1ccc(OC)c(CN2CCN(c3nc4c(C)ccc(Cl)c4s3)CC2)c1. The number of hydrogen-bond acceptors (Lipinski definition) is 6. The lowest BCUT2D eigenvalue weighted by Crippen LogP contribution is -2.46. The Labute approximate surface area is 174 Å². The van der Waals surface area contributed by atoms with Gasteiger partial charge in [-0.25, -0.2) is 4.98 Å². The van der Waals surface area contributed by atoms with E-state index >= 15 is 0 Å². The number of hydrogen-bond donors (Lipinski definition) is 0. The third-order valence-corrected chi connectivity index (χ3v) is 6.79. The van der Waals surface area contributed by atoms with Gasteiger partial charge in [-0.3, -0.25) is 4.90 Å². The van der Waals surface area contributed by atoms with Crippen molar-refractivity contribution in [2.45, 2.75) is 13.5 Å². The van der Waals surface area contributed by atoms with Gasteiger partial charge in [0.15, 0.2) is 5.13 Å². The smallest absolute Gasteiger partial charge is 0.186 e. The average molecular weight is 418 g/mol. The maximum absolute atomic E-state index is 6.37. The molecule has 7 heteroatoms. The molecule has 1 aromatic heterocycles. The first-order valence-corrected chi connectivity index (χ1v) is 10.5. The van der Waals surface area contributed by atoms with Crippen molar-refractivity contribution in [1.29, 1.82) is 0 Å². The van der Waals surface area contributed by atoms with Crippen LogP contribution in [0.15, 0.2) is 30.3 Å². The Morgan fingerprint density at radius 3 is 2.54 bits per heavy atom. The summed E-state index contributed by atoms with van der Waals surface area (Å²) in [5, 5.41) is 1.85. The molecule has 0 amide bonds. The lowest BCUT2D eigenvalue weighted by atomic mass is 10.1. The summed E-state index contributed by atoms with van der Waals surface area (Å²) < 4.78 is 12.0. The number of rotatable bonds is 5. The number of thiazole rings is 1. The maximum Gasteiger partial charge on any atom is 0.186 e. The van der Waals surface area contributed by atoms with E-state index in [1.54, 1.807) is 25.6 Å². The van der Waals surface area contributed by atoms with Gasteiger partial charge in [0.25, 0.3) is 0 Å². The zero-order valence-electron chi connectivity index (χ0n) is 16.4. The van der Waals surface area contributed by atoms with Gasteiger partial charge in [-0.1, -0.05) is 29.0 Å². The summed E-state index contributed by atoms with van der Waals surface area (Å²) in [5.41, 5.74) is 3.35. The molecule has 0 atom stereocenters. The molecule has 2 aromatic carbocycles. The number of aromatic nitrogens is 1. The molecule has 0 saturated carbocycles. The lowest BCUT2D eigenvalue weighted by molar-refractivity contribution is 0.245. The molecule has 0 N–H and O–H groups in total. The first-order chi connectivity index (χ1) is 13.6. The van der Waals surface area contributed by atoms with Gasteiger partial charge >= 0.3 is 0 Å². The fourth-order valence-electron chi connectivity index (χ4n) is 3.57. The molecule has 1 fully saturated rings. The number of fused-ring (bicyclic) bond motifs is 1. The Bertz CT molecular complexity index is 944. The molecule has 148 valence electrons. The van der Waals surface area contributed by atoms with Crippen LogP contribution in [-0.4, -0.2) is 50.3 Å². The number of methoxy groups -OCH3 is 2. The molecule has 2 heterocycles. The van der Waals surface area contributed by atoms with E-state index in [9.17, 15) is 0 Å². The van der Waals surface area contributed by atoms with Crippen molar-refractivity contribution in [3.8, 4) is 11.5 Å². The largest absolute Gasteiger partial charge is 0.497 e. The minimum Gasteiger partial charge on any atom is -0.497 e. The predicted octanol–water partition coefficient (Wildman–Crippen LogP) is 4.60. The van der Waals surface area contributed by atoms with Crippen LogP contribution in [0, 0.1) is 6.92 Å². The van der Waals surface area contributed by atoms with E-state index in [-0.39, 0.29) is 0 Å². The van der Waals surface area contributed by atoms with Crippen LogP contribution in [-0.2, 0) is 6.54 Å². The molecule has 3 aromatic rings. The van der Waals surface area contributed by atoms with Crippen molar-refractivity contribution in [2.75, 3.05) is 45.3 Å². The highest BCUT2D eigenvalue weighted by Crippen LogP contribution is 2.36. The summed E-state index contributed by atoms with van der Waals surface area (Å²) in [4.78, 5) is 9.67. The van der Waals surface area contributed by atoms with Crippen molar-refractivity contribution < 1.29 is 9.47 Å². The zero-order chi connectivity index (χ0) is 19.7. The molecule has 0 bridgehead atoms. The Morgan fingerprint density at radius 2 is 1.86 bits per heavy atom. The van der Waals surface area contributed by atoms with Crippen LogP contribution in [0.2, 0.25) is 5.02 Å². The van der Waals surface area contributed by atoms with Gasteiger partial charge in [-0.2, -0.15) is 0 Å². The number of piperazine rings is 1. The normalized spacial score (nSPS) is 15.2. The standard InChI is InChI=1S/C21H24ClN3O2S/c1-14-4-6-17(22)20-19(14)23-21(28-20)25-10-8-24(9-11-25)13-15-12-16(26-2)5-7-18(15)27-3/h4-7,12H,8-11,13H2,1-3H3. The molecule has 0 aliphatic carbocycles. The second-order valence-corrected chi connectivity index (χ2v) is 8.36. The molecular weight excluding hydrogens is 394 g/mol. The molecular formula is C21H24ClN3O2S. The van der Waals surface area contributed by atoms with Crippen LogP contribution in [0.3, 0.4) is 0 Å². The summed E-state index contributed by atoms with van der Waals surface area (Å²) in [6.45, 7) is 6.78. The van der Waals surface area contributed by atoms with Gasteiger partial charge < -0.3 is 14.4 Å². The van der Waals surface area contributed by atoms with E-state index in [1.165, 1.54) is 5.56 Å². The number of nitrogens with zero attached hydrogens (tertiary/aromatic N) is 3. The van der Waals surface area contributed by atoms with Crippen molar-refractivity contribution in [2.24, 2.45) is 0 Å². The highest BCUT2D eigenvalue weighted by atomic mass is 35.5. The Hall–Kier alpha value is -2.02. The van der Waals surface area contributed by atoms with E-state index in [4.69, 9.17) is 26.1 Å². The van der Waals surface area contributed by atoms with E-state index in [1.807, 2.05) is 24.3 Å². The summed E-state index contributed by atoms with van der Waals surface area (Å²) in [6, 6.07) is 9.95. The highest BCUT2D eigenvalue weighted by Gasteiger charge is 2.22. The minimum atomic E-state index is 0.785. The van der Waals surface area contributed by atoms with Crippen molar-refractivity contribution in [3.63, 3.8) is 0 Å². The predicted molar refractivity (Wildman–Crippen MR) is 116 cm³/mol. The maximum atomic E-state index is 6.37. The van der Waals surface area contributed by atoms with Gasteiger partial charge in [0.1, 0.15) is 11.5 Å². The molecule has 5 nitrogen and oxygen atoms in total. The lowest BCUT2D eigenvalue weighted by Gasteiger charge is -2.34. The monoisotopic (exact) mass is 417 g/mol. The molecule has 0 unspecified atom stereocenters. The first kappa shape index (κ1) is 19.3. The third-order valence-electron chi connectivity index (χ3n) is 5.21. The topological polar surface area (TPSA) is 37.8 Å². The van der Waals surface area contributed by atoms with Gasteiger partial charge in [0, 0.05) is 38.3 Å². The van der Waals surface area contributed by atoms with Crippen LogP contribution in [0.5, 0.6) is 11.5 Å². The van der Waals surface area contributed by atoms with Crippen molar-refractivity contribution in [1.82, 2.24) is 9.88 Å². The number of halogens is 1. The number of ether oxygens (including phenoxy) is 2. The van der Waals surface area contributed by atoms with Crippen LogP contribution in [0.4, 0.5) is 5.13 Å². The molecule has 4 rings (SSSR count). The van der Waals surface area contributed by atoms with E-state index in [2.05, 4.69) is 22.8 Å². The second-order valence-electron chi connectivity index (χ2n) is 6.98. The van der Waals surface area contributed by atoms with Gasteiger partial charge in [-0.05, 0) is 36.8 Å². The van der Waals surface area contributed by atoms with Gasteiger partial charge in [0.2, 0.25) is 0 Å². The highest BCUT2D eigenvalue weighted by molar-refractivity contribution is 7.22. The van der Waals surface area contributed by atoms with E-state index in [0.717, 1.165) is 70.2 Å². The first-order valence-electron chi connectivity index (χ1n) is 9.33. The molecule has 28 heavy (non-hydrogen) atoms. The quantitative estimate of drug-likeness (QED) is 0.606.